The molecule has 0 aliphatic rings. The number of hydrogen-bond acceptors (Lipinski definition) is 4. The Balaban J connectivity index is 2.20. The van der Waals surface area contributed by atoms with E-state index in [-0.39, 0.29) is 5.91 Å². The van der Waals surface area contributed by atoms with E-state index in [1.165, 1.54) is 10.9 Å². The number of rotatable bonds is 2. The molecule has 0 unspecified atom stereocenters. The van der Waals surface area contributed by atoms with E-state index in [4.69, 9.17) is 0 Å². The summed E-state index contributed by atoms with van der Waals surface area (Å²) in [5.74, 6) is 0.780. The maximum Gasteiger partial charge on any atom is 0.276 e. The molecule has 2 rings (SSSR count). The van der Waals surface area contributed by atoms with Gasteiger partial charge in [-0.05, 0) is 6.92 Å². The summed E-state index contributed by atoms with van der Waals surface area (Å²) in [6.45, 7) is 1.76. The highest BCUT2D eigenvalue weighted by molar-refractivity contribution is 6.01. The van der Waals surface area contributed by atoms with Crippen LogP contribution in [0.5, 0.6) is 0 Å². The van der Waals surface area contributed by atoms with Crippen molar-refractivity contribution in [3.8, 4) is 0 Å². The summed E-state index contributed by atoms with van der Waals surface area (Å²) in [4.78, 5) is 19.8. The molecule has 7 nitrogen and oxygen atoms in total. The van der Waals surface area contributed by atoms with Crippen molar-refractivity contribution in [3.63, 3.8) is 0 Å². The minimum Gasteiger partial charge on any atom is -0.330 e. The Hall–Kier alpha value is -2.18. The number of hydrogen-bond donors (Lipinski definition) is 1. The van der Waals surface area contributed by atoms with Crippen molar-refractivity contribution in [2.75, 3.05) is 5.32 Å². The van der Waals surface area contributed by atoms with Crippen LogP contribution in [0.15, 0.2) is 12.5 Å². The maximum atomic E-state index is 11.8. The zero-order valence-electron chi connectivity index (χ0n) is 9.30. The molecular formula is C9H12N6O. The van der Waals surface area contributed by atoms with Gasteiger partial charge in [0.05, 0.1) is 12.5 Å². The lowest BCUT2D eigenvalue weighted by Gasteiger charge is -2.03. The van der Waals surface area contributed by atoms with E-state index in [1.54, 1.807) is 31.9 Å². The van der Waals surface area contributed by atoms with Gasteiger partial charge in [-0.3, -0.25) is 10.1 Å². The zero-order valence-corrected chi connectivity index (χ0v) is 9.30. The standard InChI is InChI=1S/C9H12N6O/c1-6-11-9(15(3)13-6)12-8(16)7-4-10-5-14(7)2/h4-5H,1-3H3,(H,11,12,13,16). The van der Waals surface area contributed by atoms with Crippen molar-refractivity contribution in [2.45, 2.75) is 6.92 Å². The molecule has 0 saturated heterocycles. The Morgan fingerprint density at radius 1 is 1.44 bits per heavy atom. The Morgan fingerprint density at radius 2 is 2.19 bits per heavy atom. The number of aromatic nitrogens is 5. The van der Waals surface area contributed by atoms with Crippen LogP contribution < -0.4 is 5.32 Å². The third-order valence-corrected chi connectivity index (χ3v) is 2.14. The lowest BCUT2D eigenvalue weighted by molar-refractivity contribution is 0.101. The number of imidazole rings is 1. The monoisotopic (exact) mass is 220 g/mol. The predicted molar refractivity (Wildman–Crippen MR) is 56.9 cm³/mol. The SMILES string of the molecule is Cc1nc(NC(=O)c2cncn2C)n(C)n1. The van der Waals surface area contributed by atoms with Crippen molar-refractivity contribution in [2.24, 2.45) is 14.1 Å². The molecule has 0 aromatic carbocycles. The number of amides is 1. The second-order valence-electron chi connectivity index (χ2n) is 3.45. The Morgan fingerprint density at radius 3 is 2.69 bits per heavy atom. The van der Waals surface area contributed by atoms with Crippen molar-refractivity contribution in [1.82, 2.24) is 24.3 Å². The summed E-state index contributed by atoms with van der Waals surface area (Å²) in [6, 6.07) is 0. The van der Waals surface area contributed by atoms with Gasteiger partial charge in [-0.15, -0.1) is 0 Å². The maximum absolute atomic E-state index is 11.8. The average Bonchev–Trinajstić information content (AvgIpc) is 2.74. The van der Waals surface area contributed by atoms with Gasteiger partial charge in [0.1, 0.15) is 11.5 Å². The Labute approximate surface area is 92.1 Å². The van der Waals surface area contributed by atoms with E-state index in [2.05, 4.69) is 20.4 Å². The Kier molecular flexibility index (Phi) is 2.43. The number of nitrogens with zero attached hydrogens (tertiary/aromatic N) is 5. The largest absolute Gasteiger partial charge is 0.330 e. The molecule has 0 aliphatic carbocycles. The molecule has 7 heteroatoms. The number of carbonyl (C=O) groups is 1. The third kappa shape index (κ3) is 1.79. The third-order valence-electron chi connectivity index (χ3n) is 2.14. The van der Waals surface area contributed by atoms with Crippen LogP contribution in [0.4, 0.5) is 5.95 Å². The highest BCUT2D eigenvalue weighted by Gasteiger charge is 2.13. The lowest BCUT2D eigenvalue weighted by atomic mass is 10.4. The molecule has 0 atom stereocenters. The predicted octanol–water partition coefficient (Wildman–Crippen LogP) is 0.109. The van der Waals surface area contributed by atoms with Crippen molar-refractivity contribution in [3.05, 3.63) is 24.0 Å². The van der Waals surface area contributed by atoms with Crippen molar-refractivity contribution in [1.29, 1.82) is 0 Å². The zero-order chi connectivity index (χ0) is 11.7. The first kappa shape index (κ1) is 10.3. The molecule has 2 aromatic heterocycles. The first-order valence-electron chi connectivity index (χ1n) is 4.73. The molecule has 2 heterocycles. The fraction of sp³-hybridized carbons (Fsp3) is 0.333. The summed E-state index contributed by atoms with van der Waals surface area (Å²) in [7, 11) is 3.47. The molecule has 0 bridgehead atoms. The summed E-state index contributed by atoms with van der Waals surface area (Å²) in [6.07, 6.45) is 3.06. The first-order chi connectivity index (χ1) is 7.58. The van der Waals surface area contributed by atoms with Gasteiger partial charge in [0, 0.05) is 14.1 Å². The van der Waals surface area contributed by atoms with Gasteiger partial charge < -0.3 is 4.57 Å². The molecule has 84 valence electrons. The molecule has 0 aliphatic heterocycles. The molecule has 2 aromatic rings. The van der Waals surface area contributed by atoms with Crippen LogP contribution >= 0.6 is 0 Å². The number of nitrogens with one attached hydrogen (secondary N) is 1. The van der Waals surface area contributed by atoms with Gasteiger partial charge in [0.2, 0.25) is 5.95 Å². The van der Waals surface area contributed by atoms with Gasteiger partial charge >= 0.3 is 0 Å². The van der Waals surface area contributed by atoms with Crippen LogP contribution in [0.25, 0.3) is 0 Å². The smallest absolute Gasteiger partial charge is 0.276 e. The first-order valence-corrected chi connectivity index (χ1v) is 4.73. The minimum atomic E-state index is -0.254. The van der Waals surface area contributed by atoms with Crippen LogP contribution in [0.2, 0.25) is 0 Å². The fourth-order valence-corrected chi connectivity index (χ4v) is 1.36. The van der Waals surface area contributed by atoms with Gasteiger partial charge in [-0.1, -0.05) is 0 Å². The fourth-order valence-electron chi connectivity index (χ4n) is 1.36. The number of aryl methyl sites for hydroxylation is 3. The molecule has 0 radical (unpaired) electrons. The molecule has 1 amide bonds. The second kappa shape index (κ2) is 3.76. The molecule has 1 N–H and O–H groups in total. The molecule has 16 heavy (non-hydrogen) atoms. The topological polar surface area (TPSA) is 77.6 Å². The average molecular weight is 220 g/mol. The molecular weight excluding hydrogens is 208 g/mol. The van der Waals surface area contributed by atoms with Crippen LogP contribution in [-0.4, -0.2) is 30.2 Å². The van der Waals surface area contributed by atoms with E-state index in [1.807, 2.05) is 0 Å². The normalized spacial score (nSPS) is 10.4. The van der Waals surface area contributed by atoms with Crippen LogP contribution in [0.3, 0.4) is 0 Å². The summed E-state index contributed by atoms with van der Waals surface area (Å²) >= 11 is 0. The lowest BCUT2D eigenvalue weighted by Crippen LogP contribution is -2.17. The van der Waals surface area contributed by atoms with E-state index in [9.17, 15) is 4.79 Å². The summed E-state index contributed by atoms with van der Waals surface area (Å²) in [5.41, 5.74) is 0.473. The van der Waals surface area contributed by atoms with E-state index in [0.29, 0.717) is 17.5 Å². The second-order valence-corrected chi connectivity index (χ2v) is 3.45. The molecule has 0 spiro atoms. The highest BCUT2D eigenvalue weighted by atomic mass is 16.2. The van der Waals surface area contributed by atoms with Gasteiger partial charge in [0.15, 0.2) is 0 Å². The highest BCUT2D eigenvalue weighted by Crippen LogP contribution is 2.05. The number of anilines is 1. The van der Waals surface area contributed by atoms with Gasteiger partial charge in [0.25, 0.3) is 5.91 Å². The quantitative estimate of drug-likeness (QED) is 0.779. The minimum absolute atomic E-state index is 0.254. The van der Waals surface area contributed by atoms with Crippen LogP contribution in [0, 0.1) is 6.92 Å². The van der Waals surface area contributed by atoms with Crippen LogP contribution in [-0.2, 0) is 14.1 Å². The van der Waals surface area contributed by atoms with E-state index in [0.717, 1.165) is 0 Å². The van der Waals surface area contributed by atoms with Crippen LogP contribution in [0.1, 0.15) is 16.3 Å². The summed E-state index contributed by atoms with van der Waals surface area (Å²) < 4.78 is 3.15. The summed E-state index contributed by atoms with van der Waals surface area (Å²) in [5, 5.41) is 6.70. The number of carbonyl (C=O) groups excluding carboxylic acids is 1. The molecule has 0 fully saturated rings. The van der Waals surface area contributed by atoms with Gasteiger partial charge in [-0.25, -0.2) is 9.67 Å². The van der Waals surface area contributed by atoms with E-state index < -0.39 is 0 Å². The Bertz CT molecular complexity index is 526. The molecule has 0 saturated carbocycles. The van der Waals surface area contributed by atoms with Gasteiger partial charge in [-0.2, -0.15) is 10.1 Å². The van der Waals surface area contributed by atoms with Crippen molar-refractivity contribution >= 4 is 11.9 Å². The van der Waals surface area contributed by atoms with E-state index >= 15 is 0 Å². The van der Waals surface area contributed by atoms with Crippen molar-refractivity contribution < 1.29 is 4.79 Å².